The minimum Gasteiger partial charge on any atom is -0.481 e. The van der Waals surface area contributed by atoms with Gasteiger partial charge in [0.1, 0.15) is 0 Å². The number of ether oxygens (including phenoxy) is 4. The van der Waals surface area contributed by atoms with E-state index in [1.54, 1.807) is 0 Å². The maximum Gasteiger partial charge on any atom is 0.308 e. The maximum atomic E-state index is 13.6. The molecule has 0 spiro atoms. The van der Waals surface area contributed by atoms with Gasteiger partial charge in [-0.05, 0) is 159 Å². The molecule has 7 saturated carbocycles. The lowest BCUT2D eigenvalue weighted by Gasteiger charge is -2.38. The third-order valence-corrected chi connectivity index (χ3v) is 16.4. The van der Waals surface area contributed by atoms with Crippen LogP contribution < -0.4 is 10.8 Å². The SMILES string of the molecule is O=C(OCC1CCCCC1)C1CCC(C(=O)O)C(CONC2CCC(OC3CCCC(OC4CCC(NC(=O)C5CC(C(=O)OCC6CCCCC6)CCC5C(=O)O)CC4)C3)CC2)C1. The van der Waals surface area contributed by atoms with Gasteiger partial charge in [0.15, 0.2) is 0 Å². The van der Waals surface area contributed by atoms with Crippen LogP contribution >= 0.6 is 0 Å². The Balaban J connectivity index is 0.764. The molecule has 7 aliphatic carbocycles. The number of rotatable bonds is 18. The Kier molecular flexibility index (Phi) is 19.0. The van der Waals surface area contributed by atoms with Gasteiger partial charge in [-0.3, -0.25) is 24.0 Å². The molecule has 0 saturated heterocycles. The molecule has 7 rings (SSSR count). The van der Waals surface area contributed by atoms with E-state index < -0.39 is 35.6 Å². The van der Waals surface area contributed by atoms with Crippen molar-refractivity contribution < 1.29 is 58.0 Å². The first-order valence-electron chi connectivity index (χ1n) is 25.8. The Hall–Kier alpha value is -2.81. The highest BCUT2D eigenvalue weighted by atomic mass is 16.6. The second kappa shape index (κ2) is 24.8. The first kappa shape index (κ1) is 49.1. The second-order valence-corrected chi connectivity index (χ2v) is 21.1. The van der Waals surface area contributed by atoms with Crippen LogP contribution in [-0.4, -0.2) is 96.3 Å². The van der Waals surface area contributed by atoms with E-state index in [9.17, 15) is 34.2 Å². The molecule has 0 aromatic heterocycles. The first-order chi connectivity index (χ1) is 31.1. The maximum absolute atomic E-state index is 13.6. The van der Waals surface area contributed by atoms with Crippen LogP contribution in [0.3, 0.4) is 0 Å². The van der Waals surface area contributed by atoms with Crippen molar-refractivity contribution in [3.05, 3.63) is 0 Å². The van der Waals surface area contributed by atoms with Gasteiger partial charge in [0.05, 0.1) is 73.8 Å². The molecule has 0 radical (unpaired) electrons. The quantitative estimate of drug-likeness (QED) is 0.0762. The number of aliphatic carboxylic acids is 2. The topological polar surface area (TPSA) is 196 Å². The molecule has 7 aliphatic rings. The van der Waals surface area contributed by atoms with Crippen molar-refractivity contribution in [2.75, 3.05) is 19.8 Å². The minimum absolute atomic E-state index is 0.0367. The molecule has 0 aliphatic heterocycles. The van der Waals surface area contributed by atoms with Gasteiger partial charge in [-0.2, -0.15) is 5.48 Å². The summed E-state index contributed by atoms with van der Waals surface area (Å²) in [4.78, 5) is 69.8. The van der Waals surface area contributed by atoms with Crippen molar-refractivity contribution in [3.63, 3.8) is 0 Å². The highest BCUT2D eigenvalue weighted by Gasteiger charge is 2.43. The number of carbonyl (C=O) groups excluding carboxylic acids is 3. The number of hydrogen-bond acceptors (Lipinski definition) is 11. The summed E-state index contributed by atoms with van der Waals surface area (Å²) in [6, 6.07) is 0.133. The Morgan fingerprint density at radius 2 is 0.938 bits per heavy atom. The number of carboxylic acid groups (broad SMARTS) is 2. The number of esters is 2. The third-order valence-electron chi connectivity index (χ3n) is 16.4. The molecular formula is C50H80N2O12. The van der Waals surface area contributed by atoms with Crippen LogP contribution in [0.5, 0.6) is 0 Å². The summed E-state index contributed by atoms with van der Waals surface area (Å²) < 4.78 is 24.8. The van der Waals surface area contributed by atoms with Crippen LogP contribution in [0.25, 0.3) is 0 Å². The summed E-state index contributed by atoms with van der Waals surface area (Å²) in [6.45, 7) is 1.17. The summed E-state index contributed by atoms with van der Waals surface area (Å²) in [5.41, 5.74) is 3.22. The Bertz CT molecular complexity index is 1500. The predicted octanol–water partition coefficient (Wildman–Crippen LogP) is 8.07. The molecule has 4 N–H and O–H groups in total. The van der Waals surface area contributed by atoms with E-state index >= 15 is 0 Å². The molecule has 7 fully saturated rings. The van der Waals surface area contributed by atoms with Crippen LogP contribution in [0.4, 0.5) is 0 Å². The highest BCUT2D eigenvalue weighted by molar-refractivity contribution is 5.86. The summed E-state index contributed by atoms with van der Waals surface area (Å²) in [7, 11) is 0. The van der Waals surface area contributed by atoms with Crippen molar-refractivity contribution >= 4 is 29.8 Å². The number of nitrogens with one attached hydrogen (secondary N) is 2. The molecule has 8 unspecified atom stereocenters. The molecule has 0 aromatic rings. The third kappa shape index (κ3) is 14.6. The summed E-state index contributed by atoms with van der Waals surface area (Å²) in [6.07, 6.45) is 25.6. The summed E-state index contributed by atoms with van der Waals surface area (Å²) in [5, 5.41) is 23.0. The van der Waals surface area contributed by atoms with E-state index in [-0.39, 0.29) is 79.2 Å². The molecule has 8 atom stereocenters. The molecule has 0 bridgehead atoms. The zero-order valence-electron chi connectivity index (χ0n) is 38.5. The minimum atomic E-state index is -0.973. The molecule has 362 valence electrons. The molecule has 0 aromatic carbocycles. The molecule has 0 heterocycles. The number of carboxylic acids is 2. The summed E-state index contributed by atoms with van der Waals surface area (Å²) >= 11 is 0. The van der Waals surface area contributed by atoms with E-state index in [0.29, 0.717) is 57.2 Å². The van der Waals surface area contributed by atoms with Gasteiger partial charge in [-0.25, -0.2) is 0 Å². The lowest BCUT2D eigenvalue weighted by Crippen LogP contribution is -2.47. The van der Waals surface area contributed by atoms with Crippen molar-refractivity contribution in [1.29, 1.82) is 0 Å². The van der Waals surface area contributed by atoms with E-state index in [2.05, 4.69) is 10.8 Å². The van der Waals surface area contributed by atoms with Crippen LogP contribution in [0, 0.1) is 47.3 Å². The van der Waals surface area contributed by atoms with Crippen molar-refractivity contribution in [1.82, 2.24) is 10.8 Å². The lowest BCUT2D eigenvalue weighted by molar-refractivity contribution is -0.158. The number of hydroxylamine groups is 1. The largest absolute Gasteiger partial charge is 0.481 e. The fourth-order valence-corrected chi connectivity index (χ4v) is 12.4. The van der Waals surface area contributed by atoms with Gasteiger partial charge >= 0.3 is 23.9 Å². The fraction of sp³-hybridized carbons (Fsp3) is 0.900. The number of carbonyl (C=O) groups is 5. The van der Waals surface area contributed by atoms with Gasteiger partial charge in [0.25, 0.3) is 0 Å². The molecule has 1 amide bonds. The monoisotopic (exact) mass is 901 g/mol. The number of hydrogen-bond donors (Lipinski definition) is 4. The second-order valence-electron chi connectivity index (χ2n) is 21.1. The van der Waals surface area contributed by atoms with E-state index in [0.717, 1.165) is 103 Å². The lowest BCUT2D eigenvalue weighted by atomic mass is 9.73. The zero-order valence-corrected chi connectivity index (χ0v) is 38.5. The average Bonchev–Trinajstić information content (AvgIpc) is 3.31. The van der Waals surface area contributed by atoms with Crippen molar-refractivity contribution in [2.24, 2.45) is 47.3 Å². The van der Waals surface area contributed by atoms with E-state index in [4.69, 9.17) is 23.8 Å². The average molecular weight is 901 g/mol. The van der Waals surface area contributed by atoms with Crippen LogP contribution in [0.15, 0.2) is 0 Å². The first-order valence-corrected chi connectivity index (χ1v) is 25.8. The standard InChI is InChI=1S/C50H80N2O12/c53-46(45-27-35(15-25-44(45)48(56)57)50(59)61-30-33-10-5-2-6-11-33)51-37-16-20-39(21-17-37)63-41-12-7-13-42(28-41)64-40-22-18-38(19-23-40)52-62-31-36-26-34(14-24-43(36)47(54)55)49(58)60-29-32-8-3-1-4-9-32/h32-45,52H,1-31H2,(H,51,53)(H,54,55)(H,56,57). The Labute approximate surface area is 381 Å². The van der Waals surface area contributed by atoms with Crippen molar-refractivity contribution in [3.8, 4) is 0 Å². The molecular weight excluding hydrogens is 821 g/mol. The Morgan fingerprint density at radius 3 is 1.47 bits per heavy atom. The summed E-state index contributed by atoms with van der Waals surface area (Å²) in [5.74, 6) is -4.65. The van der Waals surface area contributed by atoms with Gasteiger partial charge < -0.3 is 39.3 Å². The highest BCUT2D eigenvalue weighted by Crippen LogP contribution is 2.38. The van der Waals surface area contributed by atoms with E-state index in [1.807, 2.05) is 0 Å². The molecule has 64 heavy (non-hydrogen) atoms. The Morgan fingerprint density at radius 1 is 0.438 bits per heavy atom. The van der Waals surface area contributed by atoms with E-state index in [1.165, 1.54) is 38.5 Å². The predicted molar refractivity (Wildman–Crippen MR) is 237 cm³/mol. The van der Waals surface area contributed by atoms with Gasteiger partial charge in [-0.15, -0.1) is 0 Å². The fourth-order valence-electron chi connectivity index (χ4n) is 12.4. The van der Waals surface area contributed by atoms with Gasteiger partial charge in [0.2, 0.25) is 5.91 Å². The van der Waals surface area contributed by atoms with Crippen LogP contribution in [0.2, 0.25) is 0 Å². The van der Waals surface area contributed by atoms with Crippen LogP contribution in [0.1, 0.15) is 180 Å². The van der Waals surface area contributed by atoms with Gasteiger partial charge in [0, 0.05) is 12.1 Å². The number of amides is 1. The normalized spacial score (nSPS) is 35.8. The van der Waals surface area contributed by atoms with Gasteiger partial charge in [-0.1, -0.05) is 38.5 Å². The van der Waals surface area contributed by atoms with Crippen LogP contribution in [-0.2, 0) is 47.8 Å². The zero-order chi connectivity index (χ0) is 44.8. The molecule has 14 heteroatoms. The smallest absolute Gasteiger partial charge is 0.308 e. The molecule has 14 nitrogen and oxygen atoms in total. The van der Waals surface area contributed by atoms with Crippen molar-refractivity contribution in [2.45, 2.75) is 216 Å².